The normalized spacial score (nSPS) is 10.5. The van der Waals surface area contributed by atoms with Gasteiger partial charge in [-0.2, -0.15) is 0 Å². The molecule has 0 aliphatic carbocycles. The van der Waals surface area contributed by atoms with Crippen molar-refractivity contribution in [2.75, 3.05) is 13.7 Å². The van der Waals surface area contributed by atoms with E-state index in [0.29, 0.717) is 11.3 Å². The lowest BCUT2D eigenvalue weighted by Gasteiger charge is -2.07. The van der Waals surface area contributed by atoms with E-state index in [1.807, 2.05) is 35.9 Å². The number of hydrogen-bond acceptors (Lipinski definition) is 5. The van der Waals surface area contributed by atoms with Gasteiger partial charge >= 0.3 is 5.97 Å². The lowest BCUT2D eigenvalue weighted by molar-refractivity contribution is -0.139. The summed E-state index contributed by atoms with van der Waals surface area (Å²) in [6, 6.07) is 10.7. The molecule has 0 radical (unpaired) electrons. The number of methoxy groups -OCH3 is 1. The molecular formula is C19H19N3O4. The second-order valence-corrected chi connectivity index (χ2v) is 5.78. The molecule has 7 nitrogen and oxygen atoms in total. The van der Waals surface area contributed by atoms with Crippen LogP contribution >= 0.6 is 0 Å². The molecule has 0 aliphatic rings. The molecule has 26 heavy (non-hydrogen) atoms. The minimum Gasteiger partial charge on any atom is -0.487 e. The molecule has 1 amide bonds. The molecule has 1 aromatic carbocycles. The Morgan fingerprint density at radius 1 is 1.19 bits per heavy atom. The third kappa shape index (κ3) is 4.18. The van der Waals surface area contributed by atoms with Crippen molar-refractivity contribution < 1.29 is 19.1 Å². The van der Waals surface area contributed by atoms with Gasteiger partial charge in [0.15, 0.2) is 0 Å². The number of amides is 1. The first kappa shape index (κ1) is 17.5. The number of benzene rings is 1. The molecular weight excluding hydrogens is 334 g/mol. The standard InChI is InChI=1S/C19H19N3O4/c1-13-6-7-17-21-15(11-22(17)10-13)12-26-16-5-3-4-14(8-16)19(24)20-9-18(23)25-2/h3-8,10-11H,9,12H2,1-2H3,(H,20,24). The third-order valence-corrected chi connectivity index (χ3v) is 3.75. The molecule has 0 saturated heterocycles. The van der Waals surface area contributed by atoms with Gasteiger partial charge in [-0.15, -0.1) is 0 Å². The van der Waals surface area contributed by atoms with Crippen LogP contribution in [0.25, 0.3) is 5.65 Å². The first-order chi connectivity index (χ1) is 12.5. The lowest BCUT2D eigenvalue weighted by Crippen LogP contribution is -2.30. The number of aromatic nitrogens is 2. The van der Waals surface area contributed by atoms with Crippen molar-refractivity contribution in [3.05, 3.63) is 65.6 Å². The Bertz CT molecular complexity index is 949. The molecule has 2 aromatic heterocycles. The van der Waals surface area contributed by atoms with E-state index in [4.69, 9.17) is 4.74 Å². The summed E-state index contributed by atoms with van der Waals surface area (Å²) in [5.41, 5.74) is 3.19. The van der Waals surface area contributed by atoms with Crippen molar-refractivity contribution in [3.8, 4) is 5.75 Å². The Hall–Kier alpha value is -3.35. The summed E-state index contributed by atoms with van der Waals surface area (Å²) in [6.45, 7) is 2.13. The Kier molecular flexibility index (Phi) is 5.17. The smallest absolute Gasteiger partial charge is 0.325 e. The number of pyridine rings is 1. The van der Waals surface area contributed by atoms with Gasteiger partial charge in [-0.05, 0) is 36.8 Å². The van der Waals surface area contributed by atoms with Gasteiger partial charge in [0.25, 0.3) is 5.91 Å². The van der Waals surface area contributed by atoms with E-state index >= 15 is 0 Å². The number of aryl methyl sites for hydroxylation is 1. The van der Waals surface area contributed by atoms with Crippen LogP contribution in [-0.2, 0) is 16.1 Å². The molecule has 134 valence electrons. The van der Waals surface area contributed by atoms with Gasteiger partial charge in [0.2, 0.25) is 0 Å². The lowest BCUT2D eigenvalue weighted by atomic mass is 10.2. The summed E-state index contributed by atoms with van der Waals surface area (Å²) in [4.78, 5) is 27.6. The molecule has 0 aliphatic heterocycles. The predicted molar refractivity (Wildman–Crippen MR) is 95.1 cm³/mol. The van der Waals surface area contributed by atoms with Crippen molar-refractivity contribution >= 4 is 17.5 Å². The van der Waals surface area contributed by atoms with Gasteiger partial charge in [0.05, 0.1) is 12.8 Å². The summed E-state index contributed by atoms with van der Waals surface area (Å²) < 4.78 is 12.2. The van der Waals surface area contributed by atoms with Crippen LogP contribution in [0.1, 0.15) is 21.6 Å². The number of hydrogen-bond donors (Lipinski definition) is 1. The number of imidazole rings is 1. The Labute approximate surface area is 150 Å². The summed E-state index contributed by atoms with van der Waals surface area (Å²) in [6.07, 6.45) is 3.91. The summed E-state index contributed by atoms with van der Waals surface area (Å²) >= 11 is 0. The minimum absolute atomic E-state index is 0.179. The highest BCUT2D eigenvalue weighted by atomic mass is 16.5. The highest BCUT2D eigenvalue weighted by Gasteiger charge is 2.09. The van der Waals surface area contributed by atoms with E-state index in [2.05, 4.69) is 15.0 Å². The van der Waals surface area contributed by atoms with E-state index in [1.165, 1.54) is 7.11 Å². The van der Waals surface area contributed by atoms with E-state index in [-0.39, 0.29) is 19.1 Å². The largest absolute Gasteiger partial charge is 0.487 e. The number of fused-ring (bicyclic) bond motifs is 1. The molecule has 2 heterocycles. The van der Waals surface area contributed by atoms with Crippen molar-refractivity contribution in [1.29, 1.82) is 0 Å². The van der Waals surface area contributed by atoms with E-state index in [1.54, 1.807) is 24.3 Å². The van der Waals surface area contributed by atoms with Gasteiger partial charge < -0.3 is 19.2 Å². The Morgan fingerprint density at radius 2 is 2.04 bits per heavy atom. The van der Waals surface area contributed by atoms with E-state index in [9.17, 15) is 9.59 Å². The number of rotatable bonds is 6. The fourth-order valence-electron chi connectivity index (χ4n) is 2.44. The average Bonchev–Trinajstić information content (AvgIpc) is 3.06. The van der Waals surface area contributed by atoms with Crippen LogP contribution in [0.4, 0.5) is 0 Å². The molecule has 0 spiro atoms. The van der Waals surface area contributed by atoms with Crippen LogP contribution < -0.4 is 10.1 Å². The van der Waals surface area contributed by atoms with Crippen LogP contribution in [-0.4, -0.2) is 34.9 Å². The van der Waals surface area contributed by atoms with Crippen LogP contribution in [0, 0.1) is 6.92 Å². The summed E-state index contributed by atoms with van der Waals surface area (Å²) in [5, 5.41) is 2.49. The fraction of sp³-hybridized carbons (Fsp3) is 0.211. The van der Waals surface area contributed by atoms with Crippen LogP contribution in [0.5, 0.6) is 5.75 Å². The van der Waals surface area contributed by atoms with E-state index in [0.717, 1.165) is 16.9 Å². The van der Waals surface area contributed by atoms with Crippen molar-refractivity contribution in [2.24, 2.45) is 0 Å². The highest BCUT2D eigenvalue weighted by Crippen LogP contribution is 2.16. The maximum Gasteiger partial charge on any atom is 0.325 e. The molecule has 1 N–H and O–H groups in total. The van der Waals surface area contributed by atoms with Gasteiger partial charge in [0, 0.05) is 18.0 Å². The molecule has 0 saturated carbocycles. The molecule has 3 aromatic rings. The Balaban J connectivity index is 1.64. The number of nitrogens with one attached hydrogen (secondary N) is 1. The molecule has 0 bridgehead atoms. The van der Waals surface area contributed by atoms with Crippen molar-refractivity contribution in [3.63, 3.8) is 0 Å². The summed E-state index contributed by atoms with van der Waals surface area (Å²) in [7, 11) is 1.27. The zero-order valence-electron chi connectivity index (χ0n) is 14.6. The quantitative estimate of drug-likeness (QED) is 0.687. The van der Waals surface area contributed by atoms with Crippen LogP contribution in [0.3, 0.4) is 0 Å². The number of esters is 1. The molecule has 0 atom stereocenters. The Morgan fingerprint density at radius 3 is 2.85 bits per heavy atom. The average molecular weight is 353 g/mol. The van der Waals surface area contributed by atoms with Crippen molar-refractivity contribution in [2.45, 2.75) is 13.5 Å². The number of nitrogens with zero attached hydrogens (tertiary/aromatic N) is 2. The van der Waals surface area contributed by atoms with Gasteiger partial charge in [-0.1, -0.05) is 12.1 Å². The maximum absolute atomic E-state index is 12.1. The maximum atomic E-state index is 12.1. The minimum atomic E-state index is -0.507. The van der Waals surface area contributed by atoms with Gasteiger partial charge in [-0.25, -0.2) is 4.98 Å². The predicted octanol–water partition coefficient (Wildman–Crippen LogP) is 2.12. The SMILES string of the molecule is COC(=O)CNC(=O)c1cccc(OCc2cn3cc(C)ccc3n2)c1. The van der Waals surface area contributed by atoms with Crippen LogP contribution in [0.2, 0.25) is 0 Å². The number of carbonyl (C=O) groups is 2. The second-order valence-electron chi connectivity index (χ2n) is 5.78. The monoisotopic (exact) mass is 353 g/mol. The second kappa shape index (κ2) is 7.69. The van der Waals surface area contributed by atoms with E-state index < -0.39 is 5.97 Å². The topological polar surface area (TPSA) is 81.9 Å². The zero-order valence-corrected chi connectivity index (χ0v) is 14.6. The van der Waals surface area contributed by atoms with Crippen LogP contribution in [0.15, 0.2) is 48.8 Å². The first-order valence-corrected chi connectivity index (χ1v) is 8.07. The zero-order chi connectivity index (χ0) is 18.5. The number of carbonyl (C=O) groups excluding carboxylic acids is 2. The van der Waals surface area contributed by atoms with Crippen molar-refractivity contribution in [1.82, 2.24) is 14.7 Å². The summed E-state index contributed by atoms with van der Waals surface area (Å²) in [5.74, 6) is -0.333. The first-order valence-electron chi connectivity index (χ1n) is 8.07. The molecule has 0 fully saturated rings. The highest BCUT2D eigenvalue weighted by molar-refractivity contribution is 5.96. The fourth-order valence-corrected chi connectivity index (χ4v) is 2.44. The molecule has 7 heteroatoms. The van der Waals surface area contributed by atoms with Gasteiger partial charge in [0.1, 0.15) is 24.5 Å². The molecule has 0 unspecified atom stereocenters. The molecule has 3 rings (SSSR count). The third-order valence-electron chi connectivity index (χ3n) is 3.75. The number of ether oxygens (including phenoxy) is 2. The van der Waals surface area contributed by atoms with Gasteiger partial charge in [-0.3, -0.25) is 9.59 Å².